The average Bonchev–Trinajstić information content (AvgIpc) is 2.56. The maximum atomic E-state index is 12.1. The fourth-order valence-corrected chi connectivity index (χ4v) is 2.56. The van der Waals surface area contributed by atoms with Crippen molar-refractivity contribution >= 4 is 34.4 Å². The Kier molecular flexibility index (Phi) is 6.19. The van der Waals surface area contributed by atoms with Gasteiger partial charge in [0.1, 0.15) is 5.75 Å². The minimum Gasteiger partial charge on any atom is -0.481 e. The summed E-state index contributed by atoms with van der Waals surface area (Å²) >= 11 is 2.12. The molecule has 6 heteroatoms. The molecule has 0 saturated carbocycles. The van der Waals surface area contributed by atoms with Crippen LogP contribution in [0.15, 0.2) is 42.5 Å². The first-order valence-corrected chi connectivity index (χ1v) is 8.55. The van der Waals surface area contributed by atoms with Crippen LogP contribution in [-0.4, -0.2) is 17.9 Å². The van der Waals surface area contributed by atoms with Gasteiger partial charge in [-0.15, -0.1) is 0 Å². The molecule has 0 aliphatic carbocycles. The zero-order valence-electron chi connectivity index (χ0n) is 13.7. The minimum atomic E-state index is -0.735. The first kappa shape index (κ1) is 18.3. The summed E-state index contributed by atoms with van der Waals surface area (Å²) in [5.74, 6) is -0.141. The first-order valence-electron chi connectivity index (χ1n) is 7.47. The molecule has 0 spiro atoms. The van der Waals surface area contributed by atoms with Gasteiger partial charge in [-0.2, -0.15) is 0 Å². The molecule has 0 fully saturated rings. The zero-order valence-corrected chi connectivity index (χ0v) is 15.9. The van der Waals surface area contributed by atoms with Gasteiger partial charge in [0.25, 0.3) is 11.8 Å². The summed E-state index contributed by atoms with van der Waals surface area (Å²) in [6, 6.07) is 12.8. The molecule has 1 unspecified atom stereocenters. The lowest BCUT2D eigenvalue weighted by atomic mass is 10.1. The molecule has 0 heterocycles. The highest BCUT2D eigenvalue weighted by atomic mass is 127. The van der Waals surface area contributed by atoms with Crippen molar-refractivity contribution < 1.29 is 14.3 Å². The molecule has 1 atom stereocenters. The van der Waals surface area contributed by atoms with Gasteiger partial charge in [0.2, 0.25) is 0 Å². The number of hydrazine groups is 1. The summed E-state index contributed by atoms with van der Waals surface area (Å²) < 4.78 is 6.62. The number of hydrogen-bond acceptors (Lipinski definition) is 3. The van der Waals surface area contributed by atoms with Crippen molar-refractivity contribution in [2.45, 2.75) is 26.9 Å². The minimum absolute atomic E-state index is 0.374. The summed E-state index contributed by atoms with van der Waals surface area (Å²) in [4.78, 5) is 24.1. The number of hydrogen-bond donors (Lipinski definition) is 2. The predicted octanol–water partition coefficient (Wildman–Crippen LogP) is 3.14. The van der Waals surface area contributed by atoms with Crippen LogP contribution in [-0.2, 0) is 4.79 Å². The van der Waals surface area contributed by atoms with Crippen molar-refractivity contribution in [3.63, 3.8) is 0 Å². The number of carbonyl (C=O) groups is 2. The van der Waals surface area contributed by atoms with Gasteiger partial charge in [-0.1, -0.05) is 18.2 Å². The lowest BCUT2D eigenvalue weighted by Gasteiger charge is -2.17. The van der Waals surface area contributed by atoms with Crippen LogP contribution in [0.3, 0.4) is 0 Å². The Morgan fingerprint density at radius 1 is 1.08 bits per heavy atom. The molecule has 2 aromatic carbocycles. The van der Waals surface area contributed by atoms with E-state index in [1.807, 2.05) is 38.1 Å². The van der Waals surface area contributed by atoms with Crippen molar-refractivity contribution in [3.05, 3.63) is 62.7 Å². The van der Waals surface area contributed by atoms with Gasteiger partial charge in [-0.05, 0) is 78.8 Å². The topological polar surface area (TPSA) is 67.4 Å². The Labute approximate surface area is 154 Å². The predicted molar refractivity (Wildman–Crippen MR) is 101 cm³/mol. The third-order valence-corrected chi connectivity index (χ3v) is 4.28. The summed E-state index contributed by atoms with van der Waals surface area (Å²) in [6.07, 6.45) is -0.735. The maximum Gasteiger partial charge on any atom is 0.279 e. The smallest absolute Gasteiger partial charge is 0.279 e. The molecular weight excluding hydrogens is 419 g/mol. The molecule has 0 aliphatic heterocycles. The Balaban J connectivity index is 1.92. The molecule has 5 nitrogen and oxygen atoms in total. The maximum absolute atomic E-state index is 12.1. The van der Waals surface area contributed by atoms with E-state index >= 15 is 0 Å². The van der Waals surface area contributed by atoms with Crippen molar-refractivity contribution in [1.29, 1.82) is 0 Å². The van der Waals surface area contributed by atoms with Crippen molar-refractivity contribution in [3.8, 4) is 5.75 Å². The highest BCUT2D eigenvalue weighted by Gasteiger charge is 2.17. The molecule has 2 amide bonds. The number of rotatable bonds is 4. The van der Waals surface area contributed by atoms with Gasteiger partial charge in [-0.25, -0.2) is 0 Å². The zero-order chi connectivity index (χ0) is 17.7. The number of halogens is 1. The lowest BCUT2D eigenvalue weighted by Crippen LogP contribution is -2.47. The van der Waals surface area contributed by atoms with Crippen LogP contribution in [0, 0.1) is 17.4 Å². The normalized spacial score (nSPS) is 11.5. The van der Waals surface area contributed by atoms with E-state index in [0.717, 1.165) is 14.7 Å². The van der Waals surface area contributed by atoms with Crippen LogP contribution in [0.1, 0.15) is 28.4 Å². The fourth-order valence-electron chi connectivity index (χ4n) is 2.02. The summed E-state index contributed by atoms with van der Waals surface area (Å²) in [5.41, 5.74) is 7.34. The summed E-state index contributed by atoms with van der Waals surface area (Å²) in [6.45, 7) is 5.55. The van der Waals surface area contributed by atoms with Gasteiger partial charge >= 0.3 is 0 Å². The number of nitrogens with one attached hydrogen (secondary N) is 2. The van der Waals surface area contributed by atoms with Gasteiger partial charge in [0.05, 0.1) is 0 Å². The van der Waals surface area contributed by atoms with E-state index in [9.17, 15) is 9.59 Å². The monoisotopic (exact) mass is 438 g/mol. The average molecular weight is 438 g/mol. The van der Waals surface area contributed by atoms with E-state index in [-0.39, 0.29) is 5.91 Å². The summed E-state index contributed by atoms with van der Waals surface area (Å²) in [5, 5.41) is 0. The van der Waals surface area contributed by atoms with Crippen LogP contribution < -0.4 is 15.6 Å². The molecule has 0 aliphatic rings. The molecular formula is C18H19IN2O3. The molecule has 126 valence electrons. The van der Waals surface area contributed by atoms with Crippen molar-refractivity contribution in [2.24, 2.45) is 0 Å². The molecule has 0 aromatic heterocycles. The van der Waals surface area contributed by atoms with Crippen molar-refractivity contribution in [2.75, 3.05) is 0 Å². The molecule has 2 aromatic rings. The standard InChI is InChI=1S/C18H19IN2O3/c1-11-6-4-9-16(12(11)2)24-13(3)17(22)20-21-18(23)14-7-5-8-15(19)10-14/h4-10,13H,1-3H3,(H,20,22)(H,21,23). The largest absolute Gasteiger partial charge is 0.481 e. The van der Waals surface area contributed by atoms with Crippen LogP contribution in [0.2, 0.25) is 0 Å². The van der Waals surface area contributed by atoms with E-state index < -0.39 is 12.0 Å². The summed E-state index contributed by atoms with van der Waals surface area (Å²) in [7, 11) is 0. The third-order valence-electron chi connectivity index (χ3n) is 3.61. The lowest BCUT2D eigenvalue weighted by molar-refractivity contribution is -0.128. The Morgan fingerprint density at radius 2 is 1.79 bits per heavy atom. The van der Waals surface area contributed by atoms with E-state index in [2.05, 4.69) is 33.4 Å². The van der Waals surface area contributed by atoms with E-state index in [0.29, 0.717) is 11.3 Å². The van der Waals surface area contributed by atoms with Crippen LogP contribution in [0.4, 0.5) is 0 Å². The van der Waals surface area contributed by atoms with Crippen LogP contribution in [0.5, 0.6) is 5.75 Å². The number of amides is 2. The second-order valence-corrected chi connectivity index (χ2v) is 6.66. The number of benzene rings is 2. The van der Waals surface area contributed by atoms with Crippen LogP contribution >= 0.6 is 22.6 Å². The number of aryl methyl sites for hydroxylation is 1. The molecule has 0 bridgehead atoms. The van der Waals surface area contributed by atoms with Crippen molar-refractivity contribution in [1.82, 2.24) is 10.9 Å². The number of ether oxygens (including phenoxy) is 1. The molecule has 2 rings (SSSR count). The van der Waals surface area contributed by atoms with E-state index in [1.165, 1.54) is 0 Å². The Bertz CT molecular complexity index is 762. The molecule has 0 saturated heterocycles. The Hall–Kier alpha value is -2.09. The molecule has 0 radical (unpaired) electrons. The van der Waals surface area contributed by atoms with Gasteiger partial charge in [0, 0.05) is 9.13 Å². The first-order chi connectivity index (χ1) is 11.4. The fraction of sp³-hybridized carbons (Fsp3) is 0.222. The van der Waals surface area contributed by atoms with Crippen LogP contribution in [0.25, 0.3) is 0 Å². The highest BCUT2D eigenvalue weighted by molar-refractivity contribution is 14.1. The highest BCUT2D eigenvalue weighted by Crippen LogP contribution is 2.21. The van der Waals surface area contributed by atoms with Gasteiger partial charge < -0.3 is 4.74 Å². The molecule has 24 heavy (non-hydrogen) atoms. The SMILES string of the molecule is Cc1cccc(OC(C)C(=O)NNC(=O)c2cccc(I)c2)c1C. The van der Waals surface area contributed by atoms with Gasteiger partial charge in [-0.3, -0.25) is 20.4 Å². The second-order valence-electron chi connectivity index (χ2n) is 5.41. The van der Waals surface area contributed by atoms with Gasteiger partial charge in [0.15, 0.2) is 6.10 Å². The second kappa shape index (κ2) is 8.14. The van der Waals surface area contributed by atoms with E-state index in [1.54, 1.807) is 25.1 Å². The third kappa shape index (κ3) is 4.70. The van der Waals surface area contributed by atoms with E-state index in [4.69, 9.17) is 4.74 Å². The quantitative estimate of drug-likeness (QED) is 0.570. The number of carbonyl (C=O) groups excluding carboxylic acids is 2. The molecule has 2 N–H and O–H groups in total. The Morgan fingerprint density at radius 3 is 2.50 bits per heavy atom.